The second kappa shape index (κ2) is 7.16. The molecule has 1 aromatic carbocycles. The Balaban J connectivity index is 2.00. The lowest BCUT2D eigenvalue weighted by Gasteiger charge is -2.37. The second-order valence-corrected chi connectivity index (χ2v) is 5.58. The van der Waals surface area contributed by atoms with Crippen molar-refractivity contribution in [1.29, 1.82) is 0 Å². The minimum absolute atomic E-state index is 0.0148. The van der Waals surface area contributed by atoms with Crippen molar-refractivity contribution in [3.63, 3.8) is 0 Å². The highest BCUT2D eigenvalue weighted by molar-refractivity contribution is 5.20. The Kier molecular flexibility index (Phi) is 5.52. The first-order valence-electron chi connectivity index (χ1n) is 7.37. The van der Waals surface area contributed by atoms with Gasteiger partial charge >= 0.3 is 0 Å². The molecule has 0 amide bonds. The number of hydrogen-bond acceptors (Lipinski definition) is 3. The first-order chi connectivity index (χ1) is 9.63. The third-order valence-electron chi connectivity index (χ3n) is 4.11. The highest BCUT2D eigenvalue weighted by Crippen LogP contribution is 2.26. The van der Waals surface area contributed by atoms with E-state index in [1.165, 1.54) is 6.07 Å². The molecule has 0 radical (unpaired) electrons. The third kappa shape index (κ3) is 3.57. The zero-order chi connectivity index (χ0) is 14.5. The summed E-state index contributed by atoms with van der Waals surface area (Å²) in [5.74, 6) is -0.347. The van der Waals surface area contributed by atoms with Crippen LogP contribution in [0.2, 0.25) is 0 Å². The lowest BCUT2D eigenvalue weighted by molar-refractivity contribution is -0.0259. The molecular weight excluding hydrogens is 257 g/mol. The highest BCUT2D eigenvalue weighted by atomic mass is 19.1. The average molecular weight is 281 g/mol. The maximum absolute atomic E-state index is 13.7. The van der Waals surface area contributed by atoms with E-state index in [1.54, 1.807) is 18.2 Å². The zero-order valence-corrected chi connectivity index (χ0v) is 12.3. The van der Waals surface area contributed by atoms with Crippen molar-refractivity contribution in [3.8, 4) is 0 Å². The molecule has 2 rings (SSSR count). The molecule has 0 spiro atoms. The number of hydrogen-bond donors (Lipinski definition) is 1. The molecule has 1 aromatic rings. The molecule has 1 N–H and O–H groups in total. The second-order valence-electron chi connectivity index (χ2n) is 5.58. The van der Waals surface area contributed by atoms with E-state index < -0.39 is 6.10 Å². The van der Waals surface area contributed by atoms with Gasteiger partial charge in [0.25, 0.3) is 0 Å². The number of halogens is 1. The predicted molar refractivity (Wildman–Crippen MR) is 77.0 cm³/mol. The van der Waals surface area contributed by atoms with Crippen molar-refractivity contribution < 1.29 is 14.2 Å². The van der Waals surface area contributed by atoms with Crippen molar-refractivity contribution in [2.45, 2.75) is 32.4 Å². The molecule has 20 heavy (non-hydrogen) atoms. The van der Waals surface area contributed by atoms with E-state index in [4.69, 9.17) is 4.74 Å². The Bertz CT molecular complexity index is 427. The fourth-order valence-corrected chi connectivity index (χ4v) is 2.80. The van der Waals surface area contributed by atoms with Gasteiger partial charge in [0, 0.05) is 24.7 Å². The van der Waals surface area contributed by atoms with Crippen LogP contribution in [-0.2, 0) is 4.74 Å². The van der Waals surface area contributed by atoms with Crippen molar-refractivity contribution in [1.82, 2.24) is 4.90 Å². The molecule has 1 fully saturated rings. The molecule has 3 unspecified atom stereocenters. The van der Waals surface area contributed by atoms with Gasteiger partial charge in [-0.1, -0.05) is 32.0 Å². The molecule has 0 bridgehead atoms. The van der Waals surface area contributed by atoms with Crippen LogP contribution in [-0.4, -0.2) is 42.4 Å². The van der Waals surface area contributed by atoms with E-state index in [9.17, 15) is 9.50 Å². The van der Waals surface area contributed by atoms with Crippen molar-refractivity contribution in [2.75, 3.05) is 26.3 Å². The summed E-state index contributed by atoms with van der Waals surface area (Å²) in [4.78, 5) is 2.35. The summed E-state index contributed by atoms with van der Waals surface area (Å²) in [6.07, 6.45) is 0.263. The molecule has 1 saturated heterocycles. The minimum Gasteiger partial charge on any atom is -0.388 e. The summed E-state index contributed by atoms with van der Waals surface area (Å²) in [7, 11) is 0. The largest absolute Gasteiger partial charge is 0.388 e. The fraction of sp³-hybridized carbons (Fsp3) is 0.625. The van der Waals surface area contributed by atoms with Crippen LogP contribution in [0.5, 0.6) is 0 Å². The molecule has 1 heterocycles. The van der Waals surface area contributed by atoms with Crippen LogP contribution in [0, 0.1) is 11.7 Å². The van der Waals surface area contributed by atoms with E-state index >= 15 is 0 Å². The first-order valence-corrected chi connectivity index (χ1v) is 7.37. The molecule has 112 valence electrons. The van der Waals surface area contributed by atoms with Gasteiger partial charge in [0.1, 0.15) is 5.82 Å². The number of aliphatic hydroxyl groups excluding tert-OH is 1. The average Bonchev–Trinajstić information content (AvgIpc) is 2.47. The van der Waals surface area contributed by atoms with Crippen LogP contribution >= 0.6 is 0 Å². The number of rotatable bonds is 5. The third-order valence-corrected chi connectivity index (χ3v) is 4.11. The molecule has 3 nitrogen and oxygen atoms in total. The maximum atomic E-state index is 13.7. The molecular formula is C16H24FNO2. The van der Waals surface area contributed by atoms with Gasteiger partial charge < -0.3 is 9.84 Å². The Labute approximate surface area is 120 Å². The molecule has 0 aliphatic carbocycles. The zero-order valence-electron chi connectivity index (χ0n) is 12.3. The summed E-state index contributed by atoms with van der Waals surface area (Å²) < 4.78 is 19.2. The summed E-state index contributed by atoms with van der Waals surface area (Å²) in [6.45, 7) is 7.24. The Morgan fingerprint density at radius 2 is 2.20 bits per heavy atom. The van der Waals surface area contributed by atoms with E-state index in [0.29, 0.717) is 11.6 Å². The topological polar surface area (TPSA) is 32.7 Å². The Hall–Kier alpha value is -0.970. The molecule has 1 aliphatic rings. The lowest BCUT2D eigenvalue weighted by atomic mass is 9.95. The van der Waals surface area contributed by atoms with E-state index in [2.05, 4.69) is 11.8 Å². The first kappa shape index (κ1) is 15.4. The smallest absolute Gasteiger partial charge is 0.129 e. The normalized spacial score (nSPS) is 23.5. The van der Waals surface area contributed by atoms with Gasteiger partial charge in [-0.05, 0) is 18.4 Å². The van der Waals surface area contributed by atoms with E-state index in [0.717, 1.165) is 32.7 Å². The summed E-state index contributed by atoms with van der Waals surface area (Å²) in [5.41, 5.74) is 0.390. The van der Waals surface area contributed by atoms with Crippen LogP contribution in [0.3, 0.4) is 0 Å². The van der Waals surface area contributed by atoms with Crippen LogP contribution < -0.4 is 0 Å². The van der Waals surface area contributed by atoms with Gasteiger partial charge in [0.2, 0.25) is 0 Å². The highest BCUT2D eigenvalue weighted by Gasteiger charge is 2.26. The number of nitrogens with zero attached hydrogens (tertiary/aromatic N) is 1. The van der Waals surface area contributed by atoms with E-state index in [-0.39, 0.29) is 11.7 Å². The summed E-state index contributed by atoms with van der Waals surface area (Å²) in [6, 6.07) is 6.87. The minimum atomic E-state index is -0.767. The number of benzene rings is 1. The van der Waals surface area contributed by atoms with Gasteiger partial charge in [-0.2, -0.15) is 0 Å². The van der Waals surface area contributed by atoms with Crippen LogP contribution in [0.15, 0.2) is 24.3 Å². The fourth-order valence-electron chi connectivity index (χ4n) is 2.80. The summed E-state index contributed by atoms with van der Waals surface area (Å²) >= 11 is 0. The Morgan fingerprint density at radius 1 is 1.45 bits per heavy atom. The van der Waals surface area contributed by atoms with Gasteiger partial charge in [-0.3, -0.25) is 4.90 Å². The SMILES string of the molecule is CCC1COCCN1CC(C)C(O)c1ccccc1F. The molecule has 3 atom stereocenters. The van der Waals surface area contributed by atoms with Crippen molar-refractivity contribution in [2.24, 2.45) is 5.92 Å². The van der Waals surface area contributed by atoms with Gasteiger partial charge in [-0.15, -0.1) is 0 Å². The van der Waals surface area contributed by atoms with E-state index in [1.807, 2.05) is 6.92 Å². The van der Waals surface area contributed by atoms with Crippen LogP contribution in [0.1, 0.15) is 31.9 Å². The summed E-state index contributed by atoms with van der Waals surface area (Å²) in [5, 5.41) is 10.4. The van der Waals surface area contributed by atoms with Crippen LogP contribution in [0.4, 0.5) is 4.39 Å². The van der Waals surface area contributed by atoms with Crippen molar-refractivity contribution >= 4 is 0 Å². The monoisotopic (exact) mass is 281 g/mol. The number of aliphatic hydroxyl groups is 1. The lowest BCUT2D eigenvalue weighted by Crippen LogP contribution is -2.47. The van der Waals surface area contributed by atoms with Gasteiger partial charge in [-0.25, -0.2) is 4.39 Å². The predicted octanol–water partition coefficient (Wildman–Crippen LogP) is 2.61. The van der Waals surface area contributed by atoms with Gasteiger partial charge in [0.05, 0.1) is 19.3 Å². The molecule has 4 heteroatoms. The van der Waals surface area contributed by atoms with Crippen molar-refractivity contribution in [3.05, 3.63) is 35.6 Å². The van der Waals surface area contributed by atoms with Crippen LogP contribution in [0.25, 0.3) is 0 Å². The number of morpholine rings is 1. The van der Waals surface area contributed by atoms with Gasteiger partial charge in [0.15, 0.2) is 0 Å². The number of ether oxygens (including phenoxy) is 1. The molecule has 1 aliphatic heterocycles. The standard InChI is InChI=1S/C16H24FNO2/c1-3-13-11-20-9-8-18(13)10-12(2)16(19)14-6-4-5-7-15(14)17/h4-7,12-13,16,19H,3,8-11H2,1-2H3. The molecule has 0 saturated carbocycles. The molecule has 0 aromatic heterocycles. The quantitative estimate of drug-likeness (QED) is 0.900. The Morgan fingerprint density at radius 3 is 2.90 bits per heavy atom. The maximum Gasteiger partial charge on any atom is 0.129 e.